The molecule has 0 amide bonds. The zero-order valence-electron chi connectivity index (χ0n) is 10.8. The van der Waals surface area contributed by atoms with Crippen LogP contribution in [0.1, 0.15) is 37.7 Å². The van der Waals surface area contributed by atoms with Gasteiger partial charge in [0.1, 0.15) is 0 Å². The van der Waals surface area contributed by atoms with Gasteiger partial charge in [0.05, 0.1) is 0 Å². The minimum Gasteiger partial charge on any atom is -0.370 e. The van der Waals surface area contributed by atoms with Crippen LogP contribution in [0, 0.1) is 0 Å². The molecule has 0 unspecified atom stereocenters. The molecule has 0 spiro atoms. The molecule has 1 aliphatic carbocycles. The first-order chi connectivity index (χ1) is 8.84. The van der Waals surface area contributed by atoms with Gasteiger partial charge in [-0.05, 0) is 30.9 Å². The fraction of sp³-hybridized carbons (Fsp3) is 0.571. The van der Waals surface area contributed by atoms with E-state index < -0.39 is 0 Å². The summed E-state index contributed by atoms with van der Waals surface area (Å²) in [5, 5.41) is 3.32. The summed E-state index contributed by atoms with van der Waals surface area (Å²) >= 11 is 0. The Kier molecular flexibility index (Phi) is 5.00. The Morgan fingerprint density at radius 3 is 2.94 bits per heavy atom. The summed E-state index contributed by atoms with van der Waals surface area (Å²) in [6.45, 7) is 0.719. The molecule has 0 atom stereocenters. The molecular weight excluding hydrogens is 224 g/mol. The van der Waals surface area contributed by atoms with Crippen molar-refractivity contribution in [3.8, 4) is 0 Å². The average Bonchev–Trinajstić information content (AvgIpc) is 2.41. The van der Waals surface area contributed by atoms with Gasteiger partial charge in [0, 0.05) is 25.0 Å². The molecule has 98 valence electrons. The van der Waals surface area contributed by atoms with Crippen LogP contribution in [0.5, 0.6) is 0 Å². The number of hydrogen-bond acceptors (Lipinski definition) is 2. The van der Waals surface area contributed by atoms with E-state index in [1.807, 2.05) is 12.3 Å². The average molecular weight is 246 g/mol. The van der Waals surface area contributed by atoms with Gasteiger partial charge in [-0.15, -0.1) is 0 Å². The maximum absolute atomic E-state index is 5.89. The molecular formula is C14H22N4. The lowest BCUT2D eigenvalue weighted by Gasteiger charge is -2.23. The van der Waals surface area contributed by atoms with Crippen molar-refractivity contribution in [2.24, 2.45) is 10.7 Å². The molecule has 0 aromatic carbocycles. The van der Waals surface area contributed by atoms with Crippen LogP contribution in [-0.2, 0) is 6.42 Å². The van der Waals surface area contributed by atoms with Crippen molar-refractivity contribution in [2.75, 3.05) is 6.54 Å². The summed E-state index contributed by atoms with van der Waals surface area (Å²) in [6.07, 6.45) is 11.0. The SMILES string of the molecule is NC(=NCCc1cccnc1)NC1CCCCC1. The number of aromatic nitrogens is 1. The van der Waals surface area contributed by atoms with E-state index >= 15 is 0 Å². The predicted molar refractivity (Wildman–Crippen MR) is 74.4 cm³/mol. The van der Waals surface area contributed by atoms with Gasteiger partial charge < -0.3 is 11.1 Å². The number of rotatable bonds is 4. The van der Waals surface area contributed by atoms with Crippen LogP contribution < -0.4 is 11.1 Å². The molecule has 4 heteroatoms. The summed E-state index contributed by atoms with van der Waals surface area (Å²) in [7, 11) is 0. The van der Waals surface area contributed by atoms with Crippen molar-refractivity contribution in [3.05, 3.63) is 30.1 Å². The summed E-state index contributed by atoms with van der Waals surface area (Å²) in [5.74, 6) is 0.589. The van der Waals surface area contributed by atoms with Gasteiger partial charge >= 0.3 is 0 Å². The largest absolute Gasteiger partial charge is 0.370 e. The molecule has 2 rings (SSSR count). The van der Waals surface area contributed by atoms with Crippen LogP contribution in [0.2, 0.25) is 0 Å². The molecule has 0 saturated heterocycles. The van der Waals surface area contributed by atoms with E-state index in [1.165, 1.54) is 37.7 Å². The van der Waals surface area contributed by atoms with Crippen molar-refractivity contribution in [1.29, 1.82) is 0 Å². The minimum atomic E-state index is 0.529. The van der Waals surface area contributed by atoms with E-state index in [-0.39, 0.29) is 0 Å². The second-order valence-electron chi connectivity index (χ2n) is 4.86. The highest BCUT2D eigenvalue weighted by molar-refractivity contribution is 5.78. The molecule has 1 saturated carbocycles. The number of nitrogens with two attached hydrogens (primary N) is 1. The van der Waals surface area contributed by atoms with E-state index in [1.54, 1.807) is 6.20 Å². The zero-order chi connectivity index (χ0) is 12.6. The Balaban J connectivity index is 1.71. The zero-order valence-corrected chi connectivity index (χ0v) is 10.8. The van der Waals surface area contributed by atoms with Crippen LogP contribution in [0.3, 0.4) is 0 Å². The van der Waals surface area contributed by atoms with E-state index in [0.29, 0.717) is 12.0 Å². The first-order valence-electron chi connectivity index (χ1n) is 6.80. The van der Waals surface area contributed by atoms with Gasteiger partial charge in [-0.2, -0.15) is 0 Å². The lowest BCUT2D eigenvalue weighted by Crippen LogP contribution is -2.41. The first kappa shape index (κ1) is 12.9. The Bertz CT molecular complexity index is 369. The molecule has 0 radical (unpaired) electrons. The highest BCUT2D eigenvalue weighted by atomic mass is 15.1. The quantitative estimate of drug-likeness (QED) is 0.629. The number of nitrogens with one attached hydrogen (secondary N) is 1. The summed E-state index contributed by atoms with van der Waals surface area (Å²) in [4.78, 5) is 8.45. The summed E-state index contributed by atoms with van der Waals surface area (Å²) in [6, 6.07) is 4.54. The predicted octanol–water partition coefficient (Wildman–Crippen LogP) is 1.86. The standard InChI is InChI=1S/C14H22N4/c15-14(18-13-6-2-1-3-7-13)17-10-8-12-5-4-9-16-11-12/h4-5,9,11,13H,1-3,6-8,10H2,(H3,15,17,18). The van der Waals surface area contributed by atoms with Crippen LogP contribution in [0.15, 0.2) is 29.5 Å². The first-order valence-corrected chi connectivity index (χ1v) is 6.80. The molecule has 1 fully saturated rings. The van der Waals surface area contributed by atoms with Gasteiger partial charge in [-0.3, -0.25) is 9.98 Å². The molecule has 1 aromatic rings. The maximum Gasteiger partial charge on any atom is 0.188 e. The van der Waals surface area contributed by atoms with E-state index in [2.05, 4.69) is 21.4 Å². The van der Waals surface area contributed by atoms with E-state index in [9.17, 15) is 0 Å². The van der Waals surface area contributed by atoms with Gasteiger partial charge in [0.2, 0.25) is 0 Å². The van der Waals surface area contributed by atoms with Gasteiger partial charge in [0.25, 0.3) is 0 Å². The van der Waals surface area contributed by atoms with Gasteiger partial charge in [0.15, 0.2) is 5.96 Å². The van der Waals surface area contributed by atoms with Gasteiger partial charge in [-0.25, -0.2) is 0 Å². The van der Waals surface area contributed by atoms with Crippen LogP contribution in [-0.4, -0.2) is 23.5 Å². The molecule has 3 N–H and O–H groups in total. The van der Waals surface area contributed by atoms with E-state index in [4.69, 9.17) is 5.73 Å². The monoisotopic (exact) mass is 246 g/mol. The Morgan fingerprint density at radius 2 is 2.22 bits per heavy atom. The minimum absolute atomic E-state index is 0.529. The molecule has 1 aromatic heterocycles. The molecule has 0 bridgehead atoms. The second-order valence-corrected chi connectivity index (χ2v) is 4.86. The lowest BCUT2D eigenvalue weighted by atomic mass is 9.96. The molecule has 4 nitrogen and oxygen atoms in total. The van der Waals surface area contributed by atoms with Crippen molar-refractivity contribution in [2.45, 2.75) is 44.6 Å². The third-order valence-electron chi connectivity index (χ3n) is 3.36. The third-order valence-corrected chi connectivity index (χ3v) is 3.36. The lowest BCUT2D eigenvalue weighted by molar-refractivity contribution is 0.412. The number of aliphatic imine (C=N–C) groups is 1. The topological polar surface area (TPSA) is 63.3 Å². The fourth-order valence-electron chi connectivity index (χ4n) is 2.35. The fourth-order valence-corrected chi connectivity index (χ4v) is 2.35. The highest BCUT2D eigenvalue weighted by Gasteiger charge is 2.12. The summed E-state index contributed by atoms with van der Waals surface area (Å²) < 4.78 is 0. The van der Waals surface area contributed by atoms with Crippen molar-refractivity contribution < 1.29 is 0 Å². The molecule has 1 aliphatic rings. The Labute approximate surface area is 109 Å². The number of nitrogens with zero attached hydrogens (tertiary/aromatic N) is 2. The normalized spacial score (nSPS) is 17.7. The highest BCUT2D eigenvalue weighted by Crippen LogP contribution is 2.16. The third kappa shape index (κ3) is 4.35. The Morgan fingerprint density at radius 1 is 1.39 bits per heavy atom. The number of guanidine groups is 1. The van der Waals surface area contributed by atoms with Crippen molar-refractivity contribution >= 4 is 5.96 Å². The molecule has 0 aliphatic heterocycles. The van der Waals surface area contributed by atoms with Crippen LogP contribution in [0.4, 0.5) is 0 Å². The number of hydrogen-bond donors (Lipinski definition) is 2. The van der Waals surface area contributed by atoms with E-state index in [0.717, 1.165) is 13.0 Å². The van der Waals surface area contributed by atoms with Crippen molar-refractivity contribution in [3.63, 3.8) is 0 Å². The second kappa shape index (κ2) is 6.99. The molecule has 18 heavy (non-hydrogen) atoms. The number of pyridine rings is 1. The smallest absolute Gasteiger partial charge is 0.188 e. The van der Waals surface area contributed by atoms with Crippen molar-refractivity contribution in [1.82, 2.24) is 10.3 Å². The van der Waals surface area contributed by atoms with Crippen LogP contribution in [0.25, 0.3) is 0 Å². The van der Waals surface area contributed by atoms with Gasteiger partial charge in [-0.1, -0.05) is 25.3 Å². The summed E-state index contributed by atoms with van der Waals surface area (Å²) in [5.41, 5.74) is 7.09. The Hall–Kier alpha value is -1.58. The molecule has 1 heterocycles. The maximum atomic E-state index is 5.89. The van der Waals surface area contributed by atoms with Crippen LogP contribution >= 0.6 is 0 Å².